The topological polar surface area (TPSA) is 52.0 Å². The summed E-state index contributed by atoms with van der Waals surface area (Å²) < 4.78 is 0. The maximum absolute atomic E-state index is 5.82. The molecule has 0 heterocycles. The first-order valence-electron chi connectivity index (χ1n) is 7.84. The monoisotopic (exact) mass is 282 g/mol. The van der Waals surface area contributed by atoms with E-state index in [4.69, 9.17) is 11.5 Å². The number of nitrogens with two attached hydrogens (primary N) is 2. The first kappa shape index (κ1) is 15.4. The standard InChI is InChI=1S/C19H26N2/c1-3-14(4-2)13-19(15-5-9-17(20)10-6-15)16-7-11-18(21)12-8-16/h5-12,14,19H,3-4,13,20-21H2,1-2H3. The highest BCUT2D eigenvalue weighted by molar-refractivity contribution is 5.45. The van der Waals surface area contributed by atoms with Crippen LogP contribution in [-0.2, 0) is 0 Å². The molecule has 0 aliphatic rings. The molecule has 2 rings (SSSR count). The third-order valence-electron chi connectivity index (χ3n) is 4.40. The normalized spacial score (nSPS) is 11.2. The summed E-state index contributed by atoms with van der Waals surface area (Å²) in [6.07, 6.45) is 3.61. The summed E-state index contributed by atoms with van der Waals surface area (Å²) in [4.78, 5) is 0. The van der Waals surface area contributed by atoms with Crippen molar-refractivity contribution in [2.75, 3.05) is 11.5 Å². The summed E-state index contributed by atoms with van der Waals surface area (Å²) in [5.41, 5.74) is 15.9. The van der Waals surface area contributed by atoms with Crippen molar-refractivity contribution in [1.82, 2.24) is 0 Å². The van der Waals surface area contributed by atoms with Gasteiger partial charge in [0.15, 0.2) is 0 Å². The van der Waals surface area contributed by atoms with Gasteiger partial charge in [-0.1, -0.05) is 51.0 Å². The van der Waals surface area contributed by atoms with E-state index in [1.165, 1.54) is 30.4 Å². The van der Waals surface area contributed by atoms with Crippen LogP contribution in [0.3, 0.4) is 0 Å². The molecule has 0 aromatic heterocycles. The van der Waals surface area contributed by atoms with Gasteiger partial charge in [0, 0.05) is 17.3 Å². The summed E-state index contributed by atoms with van der Waals surface area (Å²) in [7, 11) is 0. The highest BCUT2D eigenvalue weighted by Crippen LogP contribution is 2.34. The van der Waals surface area contributed by atoms with Gasteiger partial charge in [0.25, 0.3) is 0 Å². The van der Waals surface area contributed by atoms with Crippen LogP contribution in [0.2, 0.25) is 0 Å². The smallest absolute Gasteiger partial charge is 0.0314 e. The van der Waals surface area contributed by atoms with E-state index in [1.54, 1.807) is 0 Å². The van der Waals surface area contributed by atoms with E-state index in [1.807, 2.05) is 24.3 Å². The fourth-order valence-electron chi connectivity index (χ4n) is 2.88. The molecule has 112 valence electrons. The van der Waals surface area contributed by atoms with Gasteiger partial charge in [-0.3, -0.25) is 0 Å². The molecule has 4 N–H and O–H groups in total. The highest BCUT2D eigenvalue weighted by atomic mass is 14.5. The average molecular weight is 282 g/mol. The predicted molar refractivity (Wildman–Crippen MR) is 92.2 cm³/mol. The third-order valence-corrected chi connectivity index (χ3v) is 4.40. The highest BCUT2D eigenvalue weighted by Gasteiger charge is 2.18. The summed E-state index contributed by atoms with van der Waals surface area (Å²) >= 11 is 0. The average Bonchev–Trinajstić information content (AvgIpc) is 2.51. The largest absolute Gasteiger partial charge is 0.399 e. The van der Waals surface area contributed by atoms with Gasteiger partial charge < -0.3 is 11.5 Å². The summed E-state index contributed by atoms with van der Waals surface area (Å²) in [6.45, 7) is 4.55. The molecule has 2 aromatic rings. The molecule has 2 heteroatoms. The Bertz CT molecular complexity index is 493. The Kier molecular flexibility index (Phi) is 5.26. The number of nitrogen functional groups attached to an aromatic ring is 2. The van der Waals surface area contributed by atoms with Crippen LogP contribution in [-0.4, -0.2) is 0 Å². The Morgan fingerprint density at radius 2 is 1.10 bits per heavy atom. The minimum absolute atomic E-state index is 0.413. The van der Waals surface area contributed by atoms with E-state index in [2.05, 4.69) is 38.1 Å². The number of rotatable bonds is 6. The lowest BCUT2D eigenvalue weighted by molar-refractivity contribution is 0.432. The Morgan fingerprint density at radius 1 is 0.714 bits per heavy atom. The molecule has 0 amide bonds. The SMILES string of the molecule is CCC(CC)CC(c1ccc(N)cc1)c1ccc(N)cc1. The Labute approximate surface area is 128 Å². The first-order valence-corrected chi connectivity index (χ1v) is 7.84. The van der Waals surface area contributed by atoms with Gasteiger partial charge in [-0.05, 0) is 47.7 Å². The van der Waals surface area contributed by atoms with Gasteiger partial charge in [-0.15, -0.1) is 0 Å². The van der Waals surface area contributed by atoms with Crippen LogP contribution in [0.5, 0.6) is 0 Å². The van der Waals surface area contributed by atoms with Gasteiger partial charge in [0.1, 0.15) is 0 Å². The molecular weight excluding hydrogens is 256 g/mol. The van der Waals surface area contributed by atoms with Gasteiger partial charge >= 0.3 is 0 Å². The lowest BCUT2D eigenvalue weighted by Crippen LogP contribution is -2.08. The summed E-state index contributed by atoms with van der Waals surface area (Å²) in [6, 6.07) is 16.6. The zero-order chi connectivity index (χ0) is 15.2. The van der Waals surface area contributed by atoms with Crippen LogP contribution >= 0.6 is 0 Å². The molecule has 0 saturated heterocycles. The maximum Gasteiger partial charge on any atom is 0.0314 e. The lowest BCUT2D eigenvalue weighted by atomic mass is 9.82. The van der Waals surface area contributed by atoms with Gasteiger partial charge in [-0.25, -0.2) is 0 Å². The van der Waals surface area contributed by atoms with Gasteiger partial charge in [-0.2, -0.15) is 0 Å². The summed E-state index contributed by atoms with van der Waals surface area (Å²) in [5, 5.41) is 0. The number of anilines is 2. The second-order valence-corrected chi connectivity index (χ2v) is 5.80. The molecule has 0 atom stereocenters. The van der Waals surface area contributed by atoms with Gasteiger partial charge in [0.2, 0.25) is 0 Å². The Morgan fingerprint density at radius 3 is 1.43 bits per heavy atom. The van der Waals surface area contributed by atoms with Crippen molar-refractivity contribution in [3.8, 4) is 0 Å². The number of benzene rings is 2. The van der Waals surface area contributed by atoms with Crippen molar-refractivity contribution >= 4 is 11.4 Å². The van der Waals surface area contributed by atoms with Crippen molar-refractivity contribution in [2.24, 2.45) is 5.92 Å². The van der Waals surface area contributed by atoms with Crippen molar-refractivity contribution in [2.45, 2.75) is 39.0 Å². The van der Waals surface area contributed by atoms with Crippen LogP contribution in [0.15, 0.2) is 48.5 Å². The van der Waals surface area contributed by atoms with Gasteiger partial charge in [0.05, 0.1) is 0 Å². The zero-order valence-electron chi connectivity index (χ0n) is 13.0. The molecule has 0 radical (unpaired) electrons. The second-order valence-electron chi connectivity index (χ2n) is 5.80. The zero-order valence-corrected chi connectivity index (χ0v) is 13.0. The van der Waals surface area contributed by atoms with Crippen molar-refractivity contribution in [3.05, 3.63) is 59.7 Å². The van der Waals surface area contributed by atoms with Crippen LogP contribution < -0.4 is 11.5 Å². The molecule has 0 spiro atoms. The predicted octanol–water partition coefficient (Wildman–Crippen LogP) is 4.81. The molecule has 0 fully saturated rings. The molecule has 0 unspecified atom stereocenters. The molecular formula is C19H26N2. The number of hydrogen-bond donors (Lipinski definition) is 2. The Hall–Kier alpha value is -1.96. The molecule has 0 aliphatic heterocycles. The minimum Gasteiger partial charge on any atom is -0.399 e. The molecule has 2 nitrogen and oxygen atoms in total. The van der Waals surface area contributed by atoms with E-state index in [0.717, 1.165) is 17.3 Å². The first-order chi connectivity index (χ1) is 10.1. The fourth-order valence-corrected chi connectivity index (χ4v) is 2.88. The molecule has 2 aromatic carbocycles. The molecule has 0 saturated carbocycles. The Balaban J connectivity index is 2.33. The van der Waals surface area contributed by atoms with E-state index in [0.29, 0.717) is 5.92 Å². The van der Waals surface area contributed by atoms with Crippen LogP contribution in [0.1, 0.15) is 50.2 Å². The summed E-state index contributed by atoms with van der Waals surface area (Å²) in [5.74, 6) is 1.15. The van der Waals surface area contributed by atoms with Crippen molar-refractivity contribution in [3.63, 3.8) is 0 Å². The van der Waals surface area contributed by atoms with E-state index < -0.39 is 0 Å². The van der Waals surface area contributed by atoms with Crippen molar-refractivity contribution < 1.29 is 0 Å². The van der Waals surface area contributed by atoms with E-state index in [-0.39, 0.29) is 0 Å². The number of hydrogen-bond acceptors (Lipinski definition) is 2. The van der Waals surface area contributed by atoms with Crippen LogP contribution in [0.4, 0.5) is 11.4 Å². The maximum atomic E-state index is 5.82. The van der Waals surface area contributed by atoms with E-state index in [9.17, 15) is 0 Å². The lowest BCUT2D eigenvalue weighted by Gasteiger charge is -2.23. The molecule has 0 aliphatic carbocycles. The third kappa shape index (κ3) is 4.01. The van der Waals surface area contributed by atoms with Crippen LogP contribution in [0, 0.1) is 5.92 Å². The quantitative estimate of drug-likeness (QED) is 0.747. The molecule has 0 bridgehead atoms. The van der Waals surface area contributed by atoms with E-state index >= 15 is 0 Å². The van der Waals surface area contributed by atoms with Crippen LogP contribution in [0.25, 0.3) is 0 Å². The second kappa shape index (κ2) is 7.16. The fraction of sp³-hybridized carbons (Fsp3) is 0.368. The minimum atomic E-state index is 0.413. The molecule has 21 heavy (non-hydrogen) atoms. The van der Waals surface area contributed by atoms with Crippen molar-refractivity contribution in [1.29, 1.82) is 0 Å².